The lowest BCUT2D eigenvalue weighted by Gasteiger charge is -2.07. The zero-order valence-corrected chi connectivity index (χ0v) is 13.0. The first-order chi connectivity index (χ1) is 9.50. The van der Waals surface area contributed by atoms with E-state index in [9.17, 15) is 14.9 Å². The summed E-state index contributed by atoms with van der Waals surface area (Å²) in [5.41, 5.74) is 1.37. The van der Waals surface area contributed by atoms with Crippen molar-refractivity contribution in [1.82, 2.24) is 5.32 Å². The normalized spacial score (nSPS) is 10.3. The van der Waals surface area contributed by atoms with Crippen LogP contribution in [0.5, 0.6) is 0 Å². The molecule has 2 aromatic rings. The van der Waals surface area contributed by atoms with Crippen LogP contribution in [0.25, 0.3) is 0 Å². The van der Waals surface area contributed by atoms with Crippen molar-refractivity contribution < 1.29 is 9.72 Å². The Morgan fingerprint density at radius 3 is 2.80 bits per heavy atom. The number of hydrogen-bond donors (Lipinski definition) is 1. The topological polar surface area (TPSA) is 72.2 Å². The quantitative estimate of drug-likeness (QED) is 0.672. The molecule has 104 valence electrons. The van der Waals surface area contributed by atoms with Crippen LogP contribution in [0.2, 0.25) is 0 Å². The number of hydrogen-bond acceptors (Lipinski definition) is 4. The summed E-state index contributed by atoms with van der Waals surface area (Å²) < 4.78 is 0.746. The Kier molecular flexibility index (Phi) is 4.51. The van der Waals surface area contributed by atoms with Gasteiger partial charge in [-0.2, -0.15) is 0 Å². The molecule has 1 aromatic heterocycles. The molecule has 0 aliphatic carbocycles. The molecule has 7 heteroatoms. The van der Waals surface area contributed by atoms with E-state index in [1.807, 2.05) is 5.38 Å². The molecule has 0 radical (unpaired) electrons. The molecule has 0 bridgehead atoms. The molecule has 1 aromatic carbocycles. The second kappa shape index (κ2) is 6.15. The van der Waals surface area contributed by atoms with Crippen LogP contribution in [0.4, 0.5) is 5.69 Å². The molecule has 1 N–H and O–H groups in total. The smallest absolute Gasteiger partial charge is 0.272 e. The molecule has 2 rings (SSSR count). The first kappa shape index (κ1) is 14.7. The zero-order valence-electron chi connectivity index (χ0n) is 10.6. The van der Waals surface area contributed by atoms with E-state index in [0.717, 1.165) is 10.0 Å². The fourth-order valence-corrected chi connectivity index (χ4v) is 3.24. The summed E-state index contributed by atoms with van der Waals surface area (Å²) in [6.45, 7) is 1.94. The van der Waals surface area contributed by atoms with Crippen molar-refractivity contribution in [3.05, 3.63) is 60.2 Å². The van der Waals surface area contributed by atoms with Crippen molar-refractivity contribution in [2.75, 3.05) is 0 Å². The van der Waals surface area contributed by atoms with Gasteiger partial charge in [0.1, 0.15) is 4.88 Å². The Bertz CT molecular complexity index is 669. The van der Waals surface area contributed by atoms with Crippen LogP contribution in [0, 0.1) is 17.0 Å². The van der Waals surface area contributed by atoms with Crippen LogP contribution in [-0.4, -0.2) is 10.8 Å². The predicted octanol–water partition coefficient (Wildman–Crippen LogP) is 3.66. The minimum atomic E-state index is -0.420. The van der Waals surface area contributed by atoms with E-state index < -0.39 is 4.92 Å². The van der Waals surface area contributed by atoms with Crippen molar-refractivity contribution in [3.8, 4) is 0 Å². The van der Waals surface area contributed by atoms with Gasteiger partial charge in [0.15, 0.2) is 0 Å². The van der Waals surface area contributed by atoms with Crippen LogP contribution in [0.3, 0.4) is 0 Å². The molecule has 1 amide bonds. The number of carbonyl (C=O) groups is 1. The summed E-state index contributed by atoms with van der Waals surface area (Å²) in [6.07, 6.45) is 0. The van der Waals surface area contributed by atoms with E-state index in [-0.39, 0.29) is 18.1 Å². The predicted molar refractivity (Wildman–Crippen MR) is 81.0 cm³/mol. The van der Waals surface area contributed by atoms with E-state index >= 15 is 0 Å². The molecule has 5 nitrogen and oxygen atoms in total. The van der Waals surface area contributed by atoms with Gasteiger partial charge in [-0.15, -0.1) is 11.3 Å². The maximum Gasteiger partial charge on any atom is 0.272 e. The molecule has 20 heavy (non-hydrogen) atoms. The molecule has 0 fully saturated rings. The van der Waals surface area contributed by atoms with Crippen molar-refractivity contribution >= 4 is 38.9 Å². The van der Waals surface area contributed by atoms with Crippen LogP contribution in [0.1, 0.15) is 20.8 Å². The standard InChI is InChI=1S/C13H11BrN2O3S/c1-8-9(3-2-4-11(8)16(18)19)7-15-13(17)12-10(14)5-6-20-12/h2-6H,7H2,1H3,(H,15,17). The first-order valence-electron chi connectivity index (χ1n) is 5.74. The van der Waals surface area contributed by atoms with Crippen molar-refractivity contribution in [2.45, 2.75) is 13.5 Å². The van der Waals surface area contributed by atoms with Crippen LogP contribution in [-0.2, 0) is 6.54 Å². The first-order valence-corrected chi connectivity index (χ1v) is 7.42. The molecule has 0 saturated carbocycles. The number of halogens is 1. The molecule has 1 heterocycles. The third-order valence-electron chi connectivity index (χ3n) is 2.88. The third kappa shape index (κ3) is 3.05. The van der Waals surface area contributed by atoms with Gasteiger partial charge in [0.25, 0.3) is 11.6 Å². The monoisotopic (exact) mass is 354 g/mol. The summed E-state index contributed by atoms with van der Waals surface area (Å²) in [5.74, 6) is -0.196. The lowest BCUT2D eigenvalue weighted by atomic mass is 10.1. The number of amides is 1. The number of nitrogens with zero attached hydrogens (tertiary/aromatic N) is 1. The SMILES string of the molecule is Cc1c(CNC(=O)c2sccc2Br)cccc1[N+](=O)[O-]. The Balaban J connectivity index is 2.12. The van der Waals surface area contributed by atoms with Gasteiger partial charge in [0, 0.05) is 22.6 Å². The Morgan fingerprint density at radius 1 is 1.45 bits per heavy atom. The average Bonchev–Trinajstić information content (AvgIpc) is 2.83. The van der Waals surface area contributed by atoms with Crippen LogP contribution < -0.4 is 5.32 Å². The lowest BCUT2D eigenvalue weighted by molar-refractivity contribution is -0.385. The van der Waals surface area contributed by atoms with Gasteiger partial charge < -0.3 is 5.32 Å². The number of nitrogens with one attached hydrogen (secondary N) is 1. The second-order valence-corrected chi connectivity index (χ2v) is 5.87. The summed E-state index contributed by atoms with van der Waals surface area (Å²) in [4.78, 5) is 23.0. The van der Waals surface area contributed by atoms with Crippen LogP contribution in [0.15, 0.2) is 34.1 Å². The largest absolute Gasteiger partial charge is 0.347 e. The molecule has 0 aliphatic heterocycles. The highest BCUT2D eigenvalue weighted by molar-refractivity contribution is 9.10. The lowest BCUT2D eigenvalue weighted by Crippen LogP contribution is -2.22. The maximum atomic E-state index is 12.0. The highest BCUT2D eigenvalue weighted by atomic mass is 79.9. The molecule has 0 unspecified atom stereocenters. The highest BCUT2D eigenvalue weighted by Gasteiger charge is 2.15. The van der Waals surface area contributed by atoms with E-state index in [1.165, 1.54) is 17.4 Å². The average molecular weight is 355 g/mol. The molecule has 0 spiro atoms. The third-order valence-corrected chi connectivity index (χ3v) is 4.71. The summed E-state index contributed by atoms with van der Waals surface area (Å²) in [6, 6.07) is 6.65. The zero-order chi connectivity index (χ0) is 14.7. The molecular formula is C13H11BrN2O3S. The highest BCUT2D eigenvalue weighted by Crippen LogP contribution is 2.23. The maximum absolute atomic E-state index is 12.0. The number of rotatable bonds is 4. The summed E-state index contributed by atoms with van der Waals surface area (Å²) in [5, 5.41) is 15.4. The van der Waals surface area contributed by atoms with Gasteiger partial charge in [0.2, 0.25) is 0 Å². The van der Waals surface area contributed by atoms with E-state index in [4.69, 9.17) is 0 Å². The second-order valence-electron chi connectivity index (χ2n) is 4.10. The fourth-order valence-electron chi connectivity index (χ4n) is 1.77. The van der Waals surface area contributed by atoms with Gasteiger partial charge in [-0.3, -0.25) is 14.9 Å². The van der Waals surface area contributed by atoms with Crippen molar-refractivity contribution in [2.24, 2.45) is 0 Å². The van der Waals surface area contributed by atoms with Crippen molar-refractivity contribution in [3.63, 3.8) is 0 Å². The number of benzene rings is 1. The van der Waals surface area contributed by atoms with Gasteiger partial charge in [-0.05, 0) is 39.9 Å². The number of nitro groups is 1. The molecule has 0 aliphatic rings. The van der Waals surface area contributed by atoms with Crippen molar-refractivity contribution in [1.29, 1.82) is 0 Å². The van der Waals surface area contributed by atoms with E-state index in [1.54, 1.807) is 25.1 Å². The molecule has 0 saturated heterocycles. The van der Waals surface area contributed by atoms with Gasteiger partial charge >= 0.3 is 0 Å². The summed E-state index contributed by atoms with van der Waals surface area (Å²) >= 11 is 4.64. The molecular weight excluding hydrogens is 344 g/mol. The van der Waals surface area contributed by atoms with Gasteiger partial charge in [-0.1, -0.05) is 12.1 Å². The Hall–Kier alpha value is -1.73. The minimum Gasteiger partial charge on any atom is -0.347 e. The number of thiophene rings is 1. The van der Waals surface area contributed by atoms with Gasteiger partial charge in [-0.25, -0.2) is 0 Å². The fraction of sp³-hybridized carbons (Fsp3) is 0.154. The van der Waals surface area contributed by atoms with Gasteiger partial charge in [0.05, 0.1) is 4.92 Å². The molecule has 0 atom stereocenters. The Labute approximate surface area is 127 Å². The number of nitro benzene ring substituents is 1. The van der Waals surface area contributed by atoms with Crippen LogP contribution >= 0.6 is 27.3 Å². The van der Waals surface area contributed by atoms with E-state index in [2.05, 4.69) is 21.2 Å². The Morgan fingerprint density at radius 2 is 2.20 bits per heavy atom. The number of carbonyl (C=O) groups excluding carboxylic acids is 1. The summed E-state index contributed by atoms with van der Waals surface area (Å²) in [7, 11) is 0. The van der Waals surface area contributed by atoms with E-state index in [0.29, 0.717) is 10.4 Å². The minimum absolute atomic E-state index is 0.0639.